The van der Waals surface area contributed by atoms with Crippen LogP contribution in [-0.2, 0) is 22.7 Å². The third-order valence-corrected chi connectivity index (χ3v) is 4.67. The van der Waals surface area contributed by atoms with Gasteiger partial charge in [-0.25, -0.2) is 9.59 Å². The number of carboxylic acids is 2. The van der Waals surface area contributed by atoms with E-state index >= 15 is 0 Å². The van der Waals surface area contributed by atoms with Crippen molar-refractivity contribution < 1.29 is 29.3 Å². The van der Waals surface area contributed by atoms with Gasteiger partial charge in [-0.1, -0.05) is 12.1 Å². The van der Waals surface area contributed by atoms with Gasteiger partial charge in [0.1, 0.15) is 11.5 Å². The fraction of sp³-hybridized carbons (Fsp3) is 0.381. The molecule has 0 radical (unpaired) electrons. The minimum atomic E-state index is -1.82. The first kappa shape index (κ1) is 23.1. The van der Waals surface area contributed by atoms with Crippen molar-refractivity contribution in [3.05, 3.63) is 53.9 Å². The van der Waals surface area contributed by atoms with Crippen LogP contribution in [0, 0.1) is 0 Å². The van der Waals surface area contributed by atoms with Gasteiger partial charge in [0, 0.05) is 63.3 Å². The van der Waals surface area contributed by atoms with Gasteiger partial charge >= 0.3 is 11.9 Å². The number of aromatic nitrogens is 1. The third-order valence-electron chi connectivity index (χ3n) is 4.67. The average Bonchev–Trinajstić information content (AvgIpc) is 2.76. The zero-order valence-electron chi connectivity index (χ0n) is 17.2. The Bertz CT molecular complexity index is 811. The van der Waals surface area contributed by atoms with Crippen LogP contribution in [0.15, 0.2) is 42.7 Å². The van der Waals surface area contributed by atoms with Crippen LogP contribution < -0.4 is 9.47 Å². The van der Waals surface area contributed by atoms with Crippen LogP contribution >= 0.6 is 0 Å². The lowest BCUT2D eigenvalue weighted by Crippen LogP contribution is -2.45. The highest BCUT2D eigenvalue weighted by atomic mass is 16.5. The van der Waals surface area contributed by atoms with Gasteiger partial charge in [-0.2, -0.15) is 0 Å². The van der Waals surface area contributed by atoms with E-state index in [0.29, 0.717) is 0 Å². The first-order valence-corrected chi connectivity index (χ1v) is 9.43. The molecule has 2 N–H and O–H groups in total. The summed E-state index contributed by atoms with van der Waals surface area (Å²) < 4.78 is 10.8. The smallest absolute Gasteiger partial charge is 0.414 e. The molecule has 3 rings (SSSR count). The van der Waals surface area contributed by atoms with Crippen molar-refractivity contribution in [1.82, 2.24) is 14.8 Å². The van der Waals surface area contributed by atoms with Crippen LogP contribution in [0.3, 0.4) is 0 Å². The second-order valence-electron chi connectivity index (χ2n) is 6.70. The number of benzene rings is 1. The van der Waals surface area contributed by atoms with Gasteiger partial charge in [0.25, 0.3) is 0 Å². The fourth-order valence-electron chi connectivity index (χ4n) is 3.08. The van der Waals surface area contributed by atoms with Gasteiger partial charge in [0.05, 0.1) is 14.2 Å². The molecule has 1 aromatic heterocycles. The Labute approximate surface area is 175 Å². The molecular weight excluding hydrogens is 390 g/mol. The highest BCUT2D eigenvalue weighted by Crippen LogP contribution is 2.26. The van der Waals surface area contributed by atoms with Gasteiger partial charge in [0.2, 0.25) is 0 Å². The van der Waals surface area contributed by atoms with Crippen molar-refractivity contribution >= 4 is 11.9 Å². The van der Waals surface area contributed by atoms with E-state index in [1.54, 1.807) is 14.2 Å². The number of ether oxygens (including phenoxy) is 2. The standard InChI is InChI=1S/C19H25N3O2.C2H2O4/c1-23-18-6-5-17(19(12-18)24-2)15-22-10-8-21(9-11-22)14-16-4-3-7-20-13-16;3-1(4)2(5)6/h3-7,12-13H,8-11,14-15H2,1-2H3;(H,3,4)(H,5,6). The summed E-state index contributed by atoms with van der Waals surface area (Å²) >= 11 is 0. The Balaban J connectivity index is 0.000000469. The van der Waals surface area contributed by atoms with E-state index in [9.17, 15) is 0 Å². The highest BCUT2D eigenvalue weighted by molar-refractivity contribution is 6.27. The second kappa shape index (κ2) is 11.7. The Morgan fingerprint density at radius 1 is 0.967 bits per heavy atom. The zero-order valence-corrected chi connectivity index (χ0v) is 17.2. The molecule has 1 aliphatic heterocycles. The molecule has 1 aromatic carbocycles. The van der Waals surface area contributed by atoms with E-state index in [0.717, 1.165) is 50.8 Å². The molecule has 162 valence electrons. The third kappa shape index (κ3) is 7.34. The van der Waals surface area contributed by atoms with Crippen LogP contribution in [0.4, 0.5) is 0 Å². The lowest BCUT2D eigenvalue weighted by molar-refractivity contribution is -0.159. The van der Waals surface area contributed by atoms with E-state index in [-0.39, 0.29) is 0 Å². The van der Waals surface area contributed by atoms with E-state index < -0.39 is 11.9 Å². The maximum atomic E-state index is 9.10. The predicted octanol–water partition coefficient (Wildman–Crippen LogP) is 1.57. The first-order valence-electron chi connectivity index (χ1n) is 9.43. The minimum absolute atomic E-state index is 0.830. The molecule has 1 aliphatic rings. The number of hydrogen-bond acceptors (Lipinski definition) is 7. The Hall–Kier alpha value is -3.17. The van der Waals surface area contributed by atoms with Gasteiger partial charge in [-0.15, -0.1) is 0 Å². The van der Waals surface area contributed by atoms with Crippen LogP contribution in [0.2, 0.25) is 0 Å². The average molecular weight is 417 g/mol. The summed E-state index contributed by atoms with van der Waals surface area (Å²) in [6.07, 6.45) is 3.78. The lowest BCUT2D eigenvalue weighted by Gasteiger charge is -2.34. The van der Waals surface area contributed by atoms with E-state index in [1.165, 1.54) is 11.1 Å². The van der Waals surface area contributed by atoms with Gasteiger partial charge in [0.15, 0.2) is 0 Å². The van der Waals surface area contributed by atoms with E-state index in [2.05, 4.69) is 26.9 Å². The number of carbonyl (C=O) groups is 2. The van der Waals surface area contributed by atoms with Crippen LogP contribution in [0.5, 0.6) is 11.5 Å². The number of carboxylic acid groups (broad SMARTS) is 2. The summed E-state index contributed by atoms with van der Waals surface area (Å²) in [5, 5.41) is 14.8. The maximum Gasteiger partial charge on any atom is 0.414 e. The monoisotopic (exact) mass is 417 g/mol. The molecule has 0 atom stereocenters. The lowest BCUT2D eigenvalue weighted by atomic mass is 10.1. The number of pyridine rings is 1. The largest absolute Gasteiger partial charge is 0.497 e. The van der Waals surface area contributed by atoms with Crippen molar-refractivity contribution in [2.75, 3.05) is 40.4 Å². The molecule has 2 aromatic rings. The fourth-order valence-corrected chi connectivity index (χ4v) is 3.08. The molecule has 0 amide bonds. The predicted molar refractivity (Wildman–Crippen MR) is 110 cm³/mol. The maximum absolute atomic E-state index is 9.10. The molecule has 0 bridgehead atoms. The van der Waals surface area contributed by atoms with Crippen LogP contribution in [-0.4, -0.2) is 77.3 Å². The quantitative estimate of drug-likeness (QED) is 0.676. The summed E-state index contributed by atoms with van der Waals surface area (Å²) in [4.78, 5) is 27.4. The van der Waals surface area contributed by atoms with Crippen LogP contribution in [0.1, 0.15) is 11.1 Å². The number of piperazine rings is 1. The molecule has 9 nitrogen and oxygen atoms in total. The molecule has 1 saturated heterocycles. The minimum Gasteiger partial charge on any atom is -0.497 e. The number of hydrogen-bond donors (Lipinski definition) is 2. The Morgan fingerprint density at radius 3 is 2.10 bits per heavy atom. The second-order valence-corrected chi connectivity index (χ2v) is 6.70. The summed E-state index contributed by atoms with van der Waals surface area (Å²) in [6.45, 7) is 6.17. The molecule has 9 heteroatoms. The molecule has 0 spiro atoms. The normalized spacial score (nSPS) is 14.3. The number of methoxy groups -OCH3 is 2. The summed E-state index contributed by atoms with van der Waals surface area (Å²) in [5.41, 5.74) is 2.49. The van der Waals surface area contributed by atoms with Crippen molar-refractivity contribution in [3.63, 3.8) is 0 Å². The van der Waals surface area contributed by atoms with Gasteiger partial charge in [-0.05, 0) is 17.7 Å². The zero-order chi connectivity index (χ0) is 21.9. The Kier molecular flexibility index (Phi) is 9.04. The molecule has 1 fully saturated rings. The van der Waals surface area contributed by atoms with Gasteiger partial charge in [-0.3, -0.25) is 14.8 Å². The molecular formula is C21H27N3O6. The summed E-state index contributed by atoms with van der Waals surface area (Å²) in [5.74, 6) is -1.92. The van der Waals surface area contributed by atoms with E-state index in [1.807, 2.05) is 30.6 Å². The number of rotatable bonds is 6. The highest BCUT2D eigenvalue weighted by Gasteiger charge is 2.18. The summed E-state index contributed by atoms with van der Waals surface area (Å²) in [7, 11) is 3.39. The van der Waals surface area contributed by atoms with E-state index in [4.69, 9.17) is 29.3 Å². The molecule has 2 heterocycles. The number of aliphatic carboxylic acids is 2. The number of nitrogens with zero attached hydrogens (tertiary/aromatic N) is 3. The Morgan fingerprint density at radius 2 is 1.60 bits per heavy atom. The van der Waals surface area contributed by atoms with Crippen LogP contribution in [0.25, 0.3) is 0 Å². The molecule has 0 aliphatic carbocycles. The van der Waals surface area contributed by atoms with Crippen molar-refractivity contribution in [3.8, 4) is 11.5 Å². The van der Waals surface area contributed by atoms with Crippen molar-refractivity contribution in [1.29, 1.82) is 0 Å². The molecule has 30 heavy (non-hydrogen) atoms. The van der Waals surface area contributed by atoms with Gasteiger partial charge < -0.3 is 19.7 Å². The first-order chi connectivity index (χ1) is 14.4. The summed E-state index contributed by atoms with van der Waals surface area (Å²) in [6, 6.07) is 10.2. The van der Waals surface area contributed by atoms with Crippen molar-refractivity contribution in [2.24, 2.45) is 0 Å². The molecule has 0 unspecified atom stereocenters. The molecule has 0 saturated carbocycles. The van der Waals surface area contributed by atoms with Crippen molar-refractivity contribution in [2.45, 2.75) is 13.1 Å². The SMILES string of the molecule is COc1ccc(CN2CCN(Cc3cccnc3)CC2)c(OC)c1.O=C(O)C(=O)O. The topological polar surface area (TPSA) is 112 Å².